The van der Waals surface area contributed by atoms with Crippen molar-refractivity contribution in [3.05, 3.63) is 5.89 Å². The molecule has 0 saturated heterocycles. The normalized spacial score (nSPS) is 10.3. The van der Waals surface area contributed by atoms with E-state index in [4.69, 9.17) is 15.0 Å². The van der Waals surface area contributed by atoms with Gasteiger partial charge in [0, 0.05) is 6.61 Å². The summed E-state index contributed by atoms with van der Waals surface area (Å²) in [5.41, 5.74) is 5.23. The van der Waals surface area contributed by atoms with E-state index in [1.54, 1.807) is 0 Å². The third-order valence-corrected chi connectivity index (χ3v) is 1.15. The Balaban J connectivity index is 2.27. The lowest BCUT2D eigenvalue weighted by Gasteiger charge is -1.94. The van der Waals surface area contributed by atoms with Crippen molar-refractivity contribution in [1.82, 2.24) is 10.1 Å². The maximum absolute atomic E-state index is 5.23. The number of rotatable bonds is 4. The molecule has 0 unspecified atom stereocenters. The van der Waals surface area contributed by atoms with E-state index in [-0.39, 0.29) is 5.95 Å². The molecule has 1 rings (SSSR count). The van der Waals surface area contributed by atoms with Gasteiger partial charge < -0.3 is 15.0 Å². The van der Waals surface area contributed by atoms with Crippen molar-refractivity contribution in [2.75, 3.05) is 18.9 Å². The first-order chi connectivity index (χ1) is 5.33. The highest BCUT2D eigenvalue weighted by Crippen LogP contribution is 1.98. The van der Waals surface area contributed by atoms with E-state index in [0.717, 1.165) is 0 Å². The van der Waals surface area contributed by atoms with Crippen LogP contribution >= 0.6 is 0 Å². The predicted octanol–water partition coefficient (Wildman–Crippen LogP) is 0.231. The summed E-state index contributed by atoms with van der Waals surface area (Å²) in [6.07, 6.45) is 0.623. The van der Waals surface area contributed by atoms with Crippen LogP contribution in [-0.2, 0) is 11.2 Å². The van der Waals surface area contributed by atoms with Gasteiger partial charge in [-0.2, -0.15) is 4.98 Å². The van der Waals surface area contributed by atoms with Crippen LogP contribution in [-0.4, -0.2) is 23.4 Å². The van der Waals surface area contributed by atoms with E-state index in [1.807, 2.05) is 6.92 Å². The third kappa shape index (κ3) is 2.55. The average Bonchev–Trinajstić information content (AvgIpc) is 2.37. The highest BCUT2D eigenvalue weighted by molar-refractivity contribution is 5.10. The number of hydrogen-bond acceptors (Lipinski definition) is 5. The van der Waals surface area contributed by atoms with Crippen LogP contribution in [0.2, 0.25) is 0 Å². The quantitative estimate of drug-likeness (QED) is 0.633. The SMILES string of the molecule is CCOCCc1nc(N)no1. The van der Waals surface area contributed by atoms with Crippen LogP contribution in [0.5, 0.6) is 0 Å². The number of hydrogen-bond donors (Lipinski definition) is 1. The summed E-state index contributed by atoms with van der Waals surface area (Å²) in [5.74, 6) is 0.701. The standard InChI is InChI=1S/C6H11N3O2/c1-2-10-4-3-5-8-6(7)9-11-5/h2-4H2,1H3,(H2,7,9). The van der Waals surface area contributed by atoms with Gasteiger partial charge in [-0.25, -0.2) is 0 Å². The average molecular weight is 157 g/mol. The first kappa shape index (κ1) is 8.00. The molecule has 0 fully saturated rings. The number of ether oxygens (including phenoxy) is 1. The lowest BCUT2D eigenvalue weighted by atomic mass is 10.4. The first-order valence-electron chi connectivity index (χ1n) is 3.48. The monoisotopic (exact) mass is 157 g/mol. The molecule has 1 heterocycles. The second kappa shape index (κ2) is 3.92. The molecule has 1 aromatic heterocycles. The lowest BCUT2D eigenvalue weighted by Crippen LogP contribution is -1.98. The molecule has 0 aliphatic heterocycles. The molecule has 0 atom stereocenters. The van der Waals surface area contributed by atoms with Gasteiger partial charge in [0.05, 0.1) is 13.0 Å². The molecule has 1 aromatic rings. The molecule has 11 heavy (non-hydrogen) atoms. The zero-order valence-corrected chi connectivity index (χ0v) is 6.41. The fraction of sp³-hybridized carbons (Fsp3) is 0.667. The van der Waals surface area contributed by atoms with Crippen molar-refractivity contribution in [3.63, 3.8) is 0 Å². The molecule has 0 aliphatic carbocycles. The van der Waals surface area contributed by atoms with Crippen LogP contribution in [0.3, 0.4) is 0 Å². The van der Waals surface area contributed by atoms with E-state index in [1.165, 1.54) is 0 Å². The molecular formula is C6H11N3O2. The zero-order valence-electron chi connectivity index (χ0n) is 6.41. The fourth-order valence-corrected chi connectivity index (χ4v) is 0.673. The van der Waals surface area contributed by atoms with Gasteiger partial charge in [0.2, 0.25) is 5.89 Å². The molecule has 0 aliphatic rings. The Morgan fingerprint density at radius 1 is 1.64 bits per heavy atom. The molecule has 5 nitrogen and oxygen atoms in total. The van der Waals surface area contributed by atoms with Crippen LogP contribution in [0, 0.1) is 0 Å². The molecule has 0 aromatic carbocycles. The van der Waals surface area contributed by atoms with Crippen LogP contribution < -0.4 is 5.73 Å². The Morgan fingerprint density at radius 3 is 3.00 bits per heavy atom. The maximum Gasteiger partial charge on any atom is 0.260 e. The highest BCUT2D eigenvalue weighted by Gasteiger charge is 2.01. The summed E-state index contributed by atoms with van der Waals surface area (Å²) in [4.78, 5) is 3.80. The van der Waals surface area contributed by atoms with Crippen LogP contribution in [0.15, 0.2) is 4.52 Å². The highest BCUT2D eigenvalue weighted by atomic mass is 16.5. The molecule has 0 spiro atoms. The van der Waals surface area contributed by atoms with Crippen molar-refractivity contribution >= 4 is 5.95 Å². The van der Waals surface area contributed by atoms with Gasteiger partial charge in [0.25, 0.3) is 5.95 Å². The molecule has 62 valence electrons. The zero-order chi connectivity index (χ0) is 8.10. The van der Waals surface area contributed by atoms with Gasteiger partial charge in [-0.05, 0) is 12.1 Å². The topological polar surface area (TPSA) is 74.2 Å². The van der Waals surface area contributed by atoms with Crippen molar-refractivity contribution < 1.29 is 9.26 Å². The van der Waals surface area contributed by atoms with Gasteiger partial charge in [0.15, 0.2) is 0 Å². The molecule has 2 N–H and O–H groups in total. The summed E-state index contributed by atoms with van der Waals surface area (Å²) in [7, 11) is 0. The van der Waals surface area contributed by atoms with Crippen LogP contribution in [0.4, 0.5) is 5.95 Å². The van der Waals surface area contributed by atoms with Gasteiger partial charge >= 0.3 is 0 Å². The second-order valence-corrected chi connectivity index (χ2v) is 1.99. The number of anilines is 1. The summed E-state index contributed by atoms with van der Waals surface area (Å²) in [6, 6.07) is 0. The molecule has 0 bridgehead atoms. The summed E-state index contributed by atoms with van der Waals surface area (Å²) in [6.45, 7) is 3.23. The van der Waals surface area contributed by atoms with E-state index in [0.29, 0.717) is 25.5 Å². The van der Waals surface area contributed by atoms with Crippen molar-refractivity contribution in [3.8, 4) is 0 Å². The Kier molecular flexibility index (Phi) is 2.85. The third-order valence-electron chi connectivity index (χ3n) is 1.15. The second-order valence-electron chi connectivity index (χ2n) is 1.99. The smallest absolute Gasteiger partial charge is 0.260 e. The summed E-state index contributed by atoms with van der Waals surface area (Å²) < 4.78 is 9.82. The Hall–Kier alpha value is -1.10. The van der Waals surface area contributed by atoms with Crippen LogP contribution in [0.25, 0.3) is 0 Å². The number of aromatic nitrogens is 2. The van der Waals surface area contributed by atoms with Crippen molar-refractivity contribution in [1.29, 1.82) is 0 Å². The van der Waals surface area contributed by atoms with Crippen LogP contribution in [0.1, 0.15) is 12.8 Å². The maximum atomic E-state index is 5.23. The molecule has 0 saturated carbocycles. The minimum absolute atomic E-state index is 0.177. The van der Waals surface area contributed by atoms with Gasteiger partial charge in [-0.3, -0.25) is 0 Å². The largest absolute Gasteiger partial charge is 0.381 e. The van der Waals surface area contributed by atoms with Crippen molar-refractivity contribution in [2.24, 2.45) is 0 Å². The first-order valence-corrected chi connectivity index (χ1v) is 3.48. The number of nitrogens with two attached hydrogens (primary N) is 1. The van der Waals surface area contributed by atoms with Gasteiger partial charge in [-0.15, -0.1) is 0 Å². The molecular weight excluding hydrogens is 146 g/mol. The Morgan fingerprint density at radius 2 is 2.45 bits per heavy atom. The molecule has 0 radical (unpaired) electrons. The van der Waals surface area contributed by atoms with Gasteiger partial charge in [-0.1, -0.05) is 0 Å². The van der Waals surface area contributed by atoms with E-state index >= 15 is 0 Å². The lowest BCUT2D eigenvalue weighted by molar-refractivity contribution is 0.144. The fourth-order valence-electron chi connectivity index (χ4n) is 0.673. The Bertz CT molecular complexity index is 211. The molecule has 5 heteroatoms. The summed E-state index contributed by atoms with van der Waals surface area (Å²) >= 11 is 0. The number of nitrogens with zero attached hydrogens (tertiary/aromatic N) is 2. The number of nitrogen functional groups attached to an aromatic ring is 1. The van der Waals surface area contributed by atoms with Gasteiger partial charge in [0.1, 0.15) is 0 Å². The summed E-state index contributed by atoms with van der Waals surface area (Å²) in [5, 5.41) is 3.43. The Labute approximate surface area is 64.5 Å². The predicted molar refractivity (Wildman–Crippen MR) is 38.9 cm³/mol. The molecule has 0 amide bonds. The van der Waals surface area contributed by atoms with Crippen molar-refractivity contribution in [2.45, 2.75) is 13.3 Å². The van der Waals surface area contributed by atoms with E-state index in [9.17, 15) is 0 Å². The van der Waals surface area contributed by atoms with E-state index < -0.39 is 0 Å². The minimum Gasteiger partial charge on any atom is -0.381 e. The minimum atomic E-state index is 0.177. The van der Waals surface area contributed by atoms with E-state index in [2.05, 4.69) is 10.1 Å².